The van der Waals surface area contributed by atoms with Crippen LogP contribution in [-0.2, 0) is 9.59 Å². The van der Waals surface area contributed by atoms with Gasteiger partial charge in [0.1, 0.15) is 17.2 Å². The van der Waals surface area contributed by atoms with Gasteiger partial charge in [-0.1, -0.05) is 37.3 Å². The monoisotopic (exact) mass is 446 g/mol. The molecule has 168 valence electrons. The van der Waals surface area contributed by atoms with Crippen LogP contribution in [0.4, 0.5) is 23.0 Å². The van der Waals surface area contributed by atoms with Gasteiger partial charge in [0, 0.05) is 12.0 Å². The zero-order chi connectivity index (χ0) is 23.6. The third-order valence-corrected chi connectivity index (χ3v) is 4.26. The fourth-order valence-corrected chi connectivity index (χ4v) is 2.59. The topological polar surface area (TPSA) is 148 Å². The van der Waals surface area contributed by atoms with Crippen LogP contribution in [0.3, 0.4) is 0 Å². The molecule has 33 heavy (non-hydrogen) atoms. The SMILES string of the molecule is CCC(=O)Oc1ccccc1/N=N/c1ccc(NC(=O)CNC(=O)c2ccccc2)nc1N. The van der Waals surface area contributed by atoms with Gasteiger partial charge in [0.05, 0.1) is 6.54 Å². The van der Waals surface area contributed by atoms with E-state index in [0.29, 0.717) is 11.3 Å². The highest BCUT2D eigenvalue weighted by molar-refractivity contribution is 5.99. The molecule has 0 aliphatic heterocycles. The van der Waals surface area contributed by atoms with Gasteiger partial charge in [-0.25, -0.2) is 4.98 Å². The summed E-state index contributed by atoms with van der Waals surface area (Å²) in [5.41, 5.74) is 7.00. The van der Waals surface area contributed by atoms with Crippen LogP contribution in [0.25, 0.3) is 0 Å². The number of benzene rings is 2. The first-order chi connectivity index (χ1) is 16.0. The number of amides is 2. The van der Waals surface area contributed by atoms with Crippen molar-refractivity contribution in [3.8, 4) is 5.75 Å². The Kier molecular flexibility index (Phi) is 7.79. The third kappa shape index (κ3) is 6.69. The number of nitrogens with one attached hydrogen (secondary N) is 2. The predicted octanol–water partition coefficient (Wildman–Crippen LogP) is 3.76. The molecule has 2 amide bonds. The quantitative estimate of drug-likeness (QED) is 0.272. The second-order valence-corrected chi connectivity index (χ2v) is 6.69. The number of nitrogens with two attached hydrogens (primary N) is 1. The molecule has 0 aliphatic rings. The Balaban J connectivity index is 1.60. The molecule has 0 saturated heterocycles. The lowest BCUT2D eigenvalue weighted by atomic mass is 10.2. The van der Waals surface area contributed by atoms with Gasteiger partial charge in [0.25, 0.3) is 5.91 Å². The number of pyridine rings is 1. The van der Waals surface area contributed by atoms with Crippen LogP contribution in [0.2, 0.25) is 0 Å². The largest absolute Gasteiger partial charge is 0.424 e. The molecule has 10 heteroatoms. The molecule has 3 rings (SSSR count). The number of anilines is 2. The lowest BCUT2D eigenvalue weighted by molar-refractivity contribution is -0.134. The van der Waals surface area contributed by atoms with E-state index >= 15 is 0 Å². The molecule has 0 atom stereocenters. The first kappa shape index (κ1) is 23.1. The molecule has 2 aromatic carbocycles. The average molecular weight is 446 g/mol. The van der Waals surface area contributed by atoms with E-state index in [1.165, 1.54) is 12.1 Å². The fraction of sp³-hybridized carbons (Fsp3) is 0.130. The van der Waals surface area contributed by atoms with E-state index in [0.717, 1.165) is 0 Å². The molecule has 0 spiro atoms. The lowest BCUT2D eigenvalue weighted by Gasteiger charge is -2.08. The van der Waals surface area contributed by atoms with E-state index in [9.17, 15) is 14.4 Å². The Bertz CT molecular complexity index is 1180. The van der Waals surface area contributed by atoms with Crippen LogP contribution in [0, 0.1) is 0 Å². The van der Waals surface area contributed by atoms with Crippen LogP contribution < -0.4 is 21.1 Å². The molecule has 1 aromatic heterocycles. The fourth-order valence-electron chi connectivity index (χ4n) is 2.59. The maximum atomic E-state index is 12.1. The Hall–Kier alpha value is -4.60. The lowest BCUT2D eigenvalue weighted by Crippen LogP contribution is -2.33. The summed E-state index contributed by atoms with van der Waals surface area (Å²) in [5, 5.41) is 13.2. The Morgan fingerprint density at radius 1 is 0.939 bits per heavy atom. The summed E-state index contributed by atoms with van der Waals surface area (Å²) in [6.07, 6.45) is 0.228. The van der Waals surface area contributed by atoms with E-state index in [4.69, 9.17) is 10.5 Å². The van der Waals surface area contributed by atoms with Crippen LogP contribution >= 0.6 is 0 Å². The number of rotatable bonds is 8. The van der Waals surface area contributed by atoms with Gasteiger partial charge < -0.3 is 21.1 Å². The number of ether oxygens (including phenoxy) is 1. The Labute approximate surface area is 189 Å². The van der Waals surface area contributed by atoms with Gasteiger partial charge in [-0.3, -0.25) is 14.4 Å². The number of carbonyl (C=O) groups excluding carboxylic acids is 3. The van der Waals surface area contributed by atoms with Crippen LogP contribution in [0.1, 0.15) is 23.7 Å². The molecule has 0 unspecified atom stereocenters. The normalized spacial score (nSPS) is 10.6. The number of esters is 1. The maximum Gasteiger partial charge on any atom is 0.310 e. The maximum absolute atomic E-state index is 12.1. The van der Waals surface area contributed by atoms with Crippen LogP contribution in [0.15, 0.2) is 77.0 Å². The molecule has 0 fully saturated rings. The van der Waals surface area contributed by atoms with Crippen molar-refractivity contribution in [2.75, 3.05) is 17.6 Å². The summed E-state index contributed by atoms with van der Waals surface area (Å²) < 4.78 is 5.23. The number of azo groups is 1. The number of aromatic nitrogens is 1. The van der Waals surface area contributed by atoms with Crippen molar-refractivity contribution in [3.63, 3.8) is 0 Å². The molecule has 0 bridgehead atoms. The number of carbonyl (C=O) groups is 3. The van der Waals surface area contributed by atoms with E-state index in [1.54, 1.807) is 61.5 Å². The third-order valence-electron chi connectivity index (χ3n) is 4.26. The number of para-hydroxylation sites is 1. The molecular weight excluding hydrogens is 424 g/mol. The van der Waals surface area contributed by atoms with Crippen molar-refractivity contribution in [1.29, 1.82) is 0 Å². The number of nitrogen functional groups attached to an aromatic ring is 1. The zero-order valence-corrected chi connectivity index (χ0v) is 17.8. The molecule has 3 aromatic rings. The van der Waals surface area contributed by atoms with E-state index in [-0.39, 0.29) is 47.9 Å². The highest BCUT2D eigenvalue weighted by Gasteiger charge is 2.10. The smallest absolute Gasteiger partial charge is 0.310 e. The Morgan fingerprint density at radius 2 is 1.64 bits per heavy atom. The van der Waals surface area contributed by atoms with E-state index in [2.05, 4.69) is 25.8 Å². The van der Waals surface area contributed by atoms with Gasteiger partial charge in [0.15, 0.2) is 11.6 Å². The van der Waals surface area contributed by atoms with Gasteiger partial charge in [-0.05, 0) is 36.4 Å². The molecule has 0 radical (unpaired) electrons. The Morgan fingerprint density at radius 3 is 2.36 bits per heavy atom. The summed E-state index contributed by atoms with van der Waals surface area (Å²) >= 11 is 0. The first-order valence-electron chi connectivity index (χ1n) is 10.1. The van der Waals surface area contributed by atoms with Gasteiger partial charge >= 0.3 is 5.97 Å². The van der Waals surface area contributed by atoms with Crippen molar-refractivity contribution < 1.29 is 19.1 Å². The highest BCUT2D eigenvalue weighted by atomic mass is 16.5. The van der Waals surface area contributed by atoms with E-state index in [1.807, 2.05) is 0 Å². The molecule has 4 N–H and O–H groups in total. The first-order valence-corrected chi connectivity index (χ1v) is 10.1. The number of hydrogen-bond acceptors (Lipinski definition) is 8. The van der Waals surface area contributed by atoms with Gasteiger partial charge in [-0.15, -0.1) is 10.2 Å². The number of nitrogens with zero attached hydrogens (tertiary/aromatic N) is 3. The second-order valence-electron chi connectivity index (χ2n) is 6.69. The molecule has 0 aliphatic carbocycles. The highest BCUT2D eigenvalue weighted by Crippen LogP contribution is 2.30. The van der Waals surface area contributed by atoms with Crippen LogP contribution in [0.5, 0.6) is 5.75 Å². The van der Waals surface area contributed by atoms with Crippen molar-refractivity contribution >= 4 is 40.8 Å². The van der Waals surface area contributed by atoms with Crippen molar-refractivity contribution in [2.24, 2.45) is 10.2 Å². The van der Waals surface area contributed by atoms with Gasteiger partial charge in [-0.2, -0.15) is 0 Å². The summed E-state index contributed by atoms with van der Waals surface area (Å²) in [6, 6.07) is 18.3. The number of hydrogen-bond donors (Lipinski definition) is 3. The minimum atomic E-state index is -0.466. The predicted molar refractivity (Wildman–Crippen MR) is 123 cm³/mol. The van der Waals surface area contributed by atoms with Crippen molar-refractivity contribution in [3.05, 3.63) is 72.3 Å². The second kappa shape index (κ2) is 11.1. The summed E-state index contributed by atoms with van der Waals surface area (Å²) in [6.45, 7) is 1.46. The minimum Gasteiger partial charge on any atom is -0.424 e. The molecule has 10 nitrogen and oxygen atoms in total. The molecular formula is C23H22N6O4. The standard InChI is InChI=1S/C23H22N6O4/c1-2-21(31)33-18-11-7-6-10-16(18)28-29-17-12-13-19(27-22(17)24)26-20(30)14-25-23(32)15-8-4-3-5-9-15/h3-13H,2,14H2,1H3,(H,25,32)(H3,24,26,27,30)/b29-28+. The molecule has 1 heterocycles. The zero-order valence-electron chi connectivity index (χ0n) is 17.8. The van der Waals surface area contributed by atoms with Crippen LogP contribution in [-0.4, -0.2) is 29.3 Å². The minimum absolute atomic E-state index is 0.0351. The average Bonchev–Trinajstić information content (AvgIpc) is 2.83. The summed E-state index contributed by atoms with van der Waals surface area (Å²) in [5.74, 6) is -0.707. The molecule has 0 saturated carbocycles. The van der Waals surface area contributed by atoms with Crippen molar-refractivity contribution in [1.82, 2.24) is 10.3 Å². The van der Waals surface area contributed by atoms with Gasteiger partial charge in [0.2, 0.25) is 5.91 Å². The van der Waals surface area contributed by atoms with E-state index < -0.39 is 5.91 Å². The summed E-state index contributed by atoms with van der Waals surface area (Å²) in [7, 11) is 0. The van der Waals surface area contributed by atoms with Crippen molar-refractivity contribution in [2.45, 2.75) is 13.3 Å². The summed E-state index contributed by atoms with van der Waals surface area (Å²) in [4.78, 5) is 39.8.